The summed E-state index contributed by atoms with van der Waals surface area (Å²) in [6.07, 6.45) is 0. The minimum atomic E-state index is -1.90. The average molecular weight is 212 g/mol. The molecule has 0 saturated carbocycles. The predicted octanol–water partition coefficient (Wildman–Crippen LogP) is 1.58. The molecule has 0 heterocycles. The molecule has 0 fully saturated rings. The van der Waals surface area contributed by atoms with Gasteiger partial charge in [-0.3, -0.25) is 0 Å². The van der Waals surface area contributed by atoms with Crippen LogP contribution in [0.2, 0.25) is 12.1 Å². The third-order valence-electron chi connectivity index (χ3n) is 1.73. The van der Waals surface area contributed by atoms with Gasteiger partial charge in [0, 0.05) is 14.2 Å². The van der Waals surface area contributed by atoms with Crippen LogP contribution in [0, 0.1) is 0 Å². The second-order valence-corrected chi connectivity index (χ2v) is 6.80. The Balaban J connectivity index is 3.96. The van der Waals surface area contributed by atoms with Gasteiger partial charge in [0.1, 0.15) is 0 Å². The summed E-state index contributed by atoms with van der Waals surface area (Å²) in [6, 6.07) is 1.87. The highest BCUT2D eigenvalue weighted by Gasteiger charge is 2.33. The molecule has 0 aromatic heterocycles. The Kier molecular flexibility index (Phi) is 6.85. The molecule has 0 aliphatic carbocycles. The number of rotatable bonds is 6. The van der Waals surface area contributed by atoms with E-state index in [0.717, 1.165) is 23.6 Å². The van der Waals surface area contributed by atoms with Crippen LogP contribution >= 0.6 is 25.3 Å². The smallest absolute Gasteiger partial charge is 0.339 e. The van der Waals surface area contributed by atoms with Crippen LogP contribution in [0.5, 0.6) is 0 Å². The fourth-order valence-electron chi connectivity index (χ4n) is 0.957. The molecule has 0 unspecified atom stereocenters. The lowest BCUT2D eigenvalue weighted by Gasteiger charge is -2.25. The van der Waals surface area contributed by atoms with Gasteiger partial charge in [0.15, 0.2) is 0 Å². The Morgan fingerprint density at radius 3 is 1.55 bits per heavy atom. The molecule has 68 valence electrons. The van der Waals surface area contributed by atoms with Gasteiger partial charge < -0.3 is 8.85 Å². The van der Waals surface area contributed by atoms with Crippen molar-refractivity contribution in [2.45, 2.75) is 12.1 Å². The van der Waals surface area contributed by atoms with Gasteiger partial charge in [-0.05, 0) is 23.6 Å². The average Bonchev–Trinajstić information content (AvgIpc) is 2.04. The molecular weight excluding hydrogens is 196 g/mol. The monoisotopic (exact) mass is 212 g/mol. The molecule has 0 radical (unpaired) electrons. The summed E-state index contributed by atoms with van der Waals surface area (Å²) in [5.41, 5.74) is 0. The molecule has 5 heteroatoms. The summed E-state index contributed by atoms with van der Waals surface area (Å²) < 4.78 is 10.8. The van der Waals surface area contributed by atoms with Crippen molar-refractivity contribution in [1.29, 1.82) is 0 Å². The minimum absolute atomic E-state index is 0.821. The van der Waals surface area contributed by atoms with Crippen molar-refractivity contribution in [3.63, 3.8) is 0 Å². The Morgan fingerprint density at radius 2 is 1.36 bits per heavy atom. The summed E-state index contributed by atoms with van der Waals surface area (Å²) in [5.74, 6) is 1.64. The topological polar surface area (TPSA) is 18.5 Å². The Bertz CT molecular complexity index is 90.6. The summed E-state index contributed by atoms with van der Waals surface area (Å²) in [5, 5.41) is 0. The fraction of sp³-hybridized carbons (Fsp3) is 1.00. The van der Waals surface area contributed by atoms with E-state index < -0.39 is 8.56 Å². The maximum Gasteiger partial charge on any atom is 0.339 e. The van der Waals surface area contributed by atoms with Gasteiger partial charge in [-0.15, -0.1) is 0 Å². The summed E-state index contributed by atoms with van der Waals surface area (Å²) in [7, 11) is 1.53. The molecule has 0 aromatic carbocycles. The van der Waals surface area contributed by atoms with Crippen LogP contribution in [-0.4, -0.2) is 34.3 Å². The largest absolute Gasteiger partial charge is 0.398 e. The Hall–Kier alpha value is 0.837. The molecule has 0 saturated heterocycles. The summed E-state index contributed by atoms with van der Waals surface area (Å²) >= 11 is 8.33. The second-order valence-electron chi connectivity index (χ2n) is 2.27. The van der Waals surface area contributed by atoms with Crippen molar-refractivity contribution in [2.24, 2.45) is 0 Å². The summed E-state index contributed by atoms with van der Waals surface area (Å²) in [6.45, 7) is 0. The van der Waals surface area contributed by atoms with E-state index in [2.05, 4.69) is 25.3 Å². The highest BCUT2D eigenvalue weighted by Crippen LogP contribution is 2.18. The quantitative estimate of drug-likeness (QED) is 0.514. The van der Waals surface area contributed by atoms with Crippen LogP contribution < -0.4 is 0 Å². The molecule has 0 amide bonds. The first-order valence-electron chi connectivity index (χ1n) is 3.56. The first-order valence-corrected chi connectivity index (χ1v) is 7.06. The van der Waals surface area contributed by atoms with E-state index in [1.54, 1.807) is 14.2 Å². The van der Waals surface area contributed by atoms with Crippen LogP contribution in [0.1, 0.15) is 0 Å². The molecule has 0 aliphatic rings. The van der Waals surface area contributed by atoms with Crippen molar-refractivity contribution in [1.82, 2.24) is 0 Å². The molecule has 0 bridgehead atoms. The Labute approximate surface area is 80.7 Å². The number of hydrogen-bond acceptors (Lipinski definition) is 4. The molecular formula is C6H16O2S2Si. The van der Waals surface area contributed by atoms with E-state index in [0.29, 0.717) is 0 Å². The normalized spacial score (nSPS) is 12.0. The first-order chi connectivity index (χ1) is 5.24. The number of hydrogen-bond donors (Lipinski definition) is 2. The van der Waals surface area contributed by atoms with Crippen molar-refractivity contribution in [3.8, 4) is 0 Å². The molecule has 2 nitrogen and oxygen atoms in total. The van der Waals surface area contributed by atoms with E-state index in [9.17, 15) is 0 Å². The van der Waals surface area contributed by atoms with Crippen LogP contribution in [0.3, 0.4) is 0 Å². The van der Waals surface area contributed by atoms with Gasteiger partial charge in [-0.1, -0.05) is 0 Å². The molecule has 0 N–H and O–H groups in total. The standard InChI is InChI=1S/C6H16O2S2Si/c1-7-11(8-2,5-3-9)6-4-10/h9-10H,3-6H2,1-2H3. The maximum atomic E-state index is 5.39. The lowest BCUT2D eigenvalue weighted by molar-refractivity contribution is 0.245. The highest BCUT2D eigenvalue weighted by molar-refractivity contribution is 7.80. The van der Waals surface area contributed by atoms with Crippen LogP contribution in [0.15, 0.2) is 0 Å². The zero-order valence-corrected chi connectivity index (χ0v) is 9.83. The molecule has 0 aliphatic heterocycles. The maximum absolute atomic E-state index is 5.39. The van der Waals surface area contributed by atoms with Crippen LogP contribution in [0.25, 0.3) is 0 Å². The van der Waals surface area contributed by atoms with E-state index in [-0.39, 0.29) is 0 Å². The van der Waals surface area contributed by atoms with E-state index in [4.69, 9.17) is 8.85 Å². The van der Waals surface area contributed by atoms with Crippen molar-refractivity contribution >= 4 is 33.8 Å². The van der Waals surface area contributed by atoms with Crippen LogP contribution in [-0.2, 0) is 8.85 Å². The van der Waals surface area contributed by atoms with Gasteiger partial charge >= 0.3 is 8.56 Å². The van der Waals surface area contributed by atoms with Gasteiger partial charge in [0.2, 0.25) is 0 Å². The van der Waals surface area contributed by atoms with E-state index >= 15 is 0 Å². The Morgan fingerprint density at radius 1 is 1.00 bits per heavy atom. The molecule has 0 spiro atoms. The molecule has 11 heavy (non-hydrogen) atoms. The highest BCUT2D eigenvalue weighted by atomic mass is 32.1. The number of thiol groups is 2. The van der Waals surface area contributed by atoms with Gasteiger partial charge in [-0.25, -0.2) is 0 Å². The third-order valence-corrected chi connectivity index (χ3v) is 6.53. The lowest BCUT2D eigenvalue weighted by atomic mass is 10.9. The predicted molar refractivity (Wildman–Crippen MR) is 57.1 cm³/mol. The zero-order chi connectivity index (χ0) is 8.74. The van der Waals surface area contributed by atoms with Crippen molar-refractivity contribution < 1.29 is 8.85 Å². The molecule has 0 rings (SSSR count). The van der Waals surface area contributed by atoms with Crippen molar-refractivity contribution in [2.75, 3.05) is 25.7 Å². The molecule has 0 atom stereocenters. The van der Waals surface area contributed by atoms with Gasteiger partial charge in [0.05, 0.1) is 0 Å². The van der Waals surface area contributed by atoms with Crippen LogP contribution in [0.4, 0.5) is 0 Å². The second kappa shape index (κ2) is 6.36. The van der Waals surface area contributed by atoms with Gasteiger partial charge in [-0.2, -0.15) is 25.3 Å². The van der Waals surface area contributed by atoms with Gasteiger partial charge in [0.25, 0.3) is 0 Å². The SMILES string of the molecule is CO[Si](CCS)(CCS)OC. The minimum Gasteiger partial charge on any atom is -0.398 e. The molecule has 0 aromatic rings. The van der Waals surface area contributed by atoms with E-state index in [1.165, 1.54) is 0 Å². The van der Waals surface area contributed by atoms with Crippen molar-refractivity contribution in [3.05, 3.63) is 0 Å². The van der Waals surface area contributed by atoms with E-state index in [1.807, 2.05) is 0 Å². The lowest BCUT2D eigenvalue weighted by Crippen LogP contribution is -2.40. The fourth-order valence-corrected chi connectivity index (χ4v) is 4.92. The zero-order valence-electron chi connectivity index (χ0n) is 7.04. The first kappa shape index (κ1) is 11.8. The summed E-state index contributed by atoms with van der Waals surface area (Å²) in [4.78, 5) is 0. The third kappa shape index (κ3) is 3.84.